The van der Waals surface area contributed by atoms with Gasteiger partial charge < -0.3 is 39.9 Å². The molecule has 0 radical (unpaired) electrons. The van der Waals surface area contributed by atoms with E-state index in [2.05, 4.69) is 86.8 Å². The van der Waals surface area contributed by atoms with Gasteiger partial charge in [-0.15, -0.1) is 0 Å². The third-order valence-corrected chi connectivity index (χ3v) is 12.8. The molecule has 0 bridgehead atoms. The highest BCUT2D eigenvalue weighted by atomic mass is 31.2. The molecule has 6 unspecified atom stereocenters. The first-order chi connectivity index (χ1) is 32.5. The van der Waals surface area contributed by atoms with Crippen LogP contribution in [-0.4, -0.2) is 98.9 Å². The molecule has 1 aliphatic carbocycles. The van der Waals surface area contributed by atoms with Gasteiger partial charge in [0.1, 0.15) is 42.7 Å². The van der Waals surface area contributed by atoms with Crippen LogP contribution in [0.4, 0.5) is 0 Å². The predicted molar refractivity (Wildman–Crippen MR) is 271 cm³/mol. The van der Waals surface area contributed by atoms with E-state index in [1.807, 2.05) is 0 Å². The lowest BCUT2D eigenvalue weighted by Crippen LogP contribution is -2.64. The second-order valence-electron chi connectivity index (χ2n) is 18.0. The molecule has 67 heavy (non-hydrogen) atoms. The van der Waals surface area contributed by atoms with Gasteiger partial charge in [0.2, 0.25) is 0 Å². The van der Waals surface area contributed by atoms with Crippen LogP contribution in [0.3, 0.4) is 0 Å². The molecule has 6 N–H and O–H groups in total. The highest BCUT2D eigenvalue weighted by molar-refractivity contribution is 7.47. The molecular weight excluding hydrogens is 872 g/mol. The molecule has 0 aromatic rings. The Morgan fingerprint density at radius 2 is 0.881 bits per heavy atom. The van der Waals surface area contributed by atoms with Crippen LogP contribution in [-0.2, 0) is 27.9 Å². The number of aliphatic hydroxyl groups excluding tert-OH is 5. The molecule has 0 amide bonds. The summed E-state index contributed by atoms with van der Waals surface area (Å²) in [6.45, 7) is 4.11. The van der Waals surface area contributed by atoms with Crippen molar-refractivity contribution in [2.24, 2.45) is 0 Å². The molecule has 1 fully saturated rings. The lowest BCUT2D eigenvalue weighted by atomic mass is 9.85. The maximum absolute atomic E-state index is 12.9. The quantitative estimate of drug-likeness (QED) is 0.0147. The van der Waals surface area contributed by atoms with Gasteiger partial charge in [-0.2, -0.15) is 0 Å². The molecular formula is C54H95O12P. The Morgan fingerprint density at radius 3 is 1.34 bits per heavy atom. The molecule has 6 atom stereocenters. The highest BCUT2D eigenvalue weighted by Gasteiger charge is 2.51. The number of esters is 1. The highest BCUT2D eigenvalue weighted by Crippen LogP contribution is 2.47. The fourth-order valence-electron chi connectivity index (χ4n) is 7.67. The SMILES string of the molecule is CC/C=C\C/C=C\C/C=C\C/C=C\CCCCCCCCCCCCCOCC(COP(=O)(O)OC1C(O)C(O)C(O)C(O)C1O)OC(=O)CCCCCCC/C=C\C/C=C\CCCCCC. The molecule has 0 aliphatic heterocycles. The van der Waals surface area contributed by atoms with Crippen molar-refractivity contribution in [3.8, 4) is 0 Å². The zero-order valence-corrected chi connectivity index (χ0v) is 42.6. The smallest absolute Gasteiger partial charge is 0.457 e. The minimum Gasteiger partial charge on any atom is -0.457 e. The summed E-state index contributed by atoms with van der Waals surface area (Å²) in [5.41, 5.74) is 0. The predicted octanol–water partition coefficient (Wildman–Crippen LogP) is 11.9. The summed E-state index contributed by atoms with van der Waals surface area (Å²) < 4.78 is 34.3. The Balaban J connectivity index is 2.32. The number of hydrogen-bond donors (Lipinski definition) is 6. The summed E-state index contributed by atoms with van der Waals surface area (Å²) in [7, 11) is -5.03. The zero-order chi connectivity index (χ0) is 49.1. The van der Waals surface area contributed by atoms with Crippen molar-refractivity contribution in [1.82, 2.24) is 0 Å². The molecule has 0 aromatic heterocycles. The molecule has 12 nitrogen and oxygen atoms in total. The van der Waals surface area contributed by atoms with Crippen molar-refractivity contribution in [3.05, 3.63) is 72.9 Å². The fraction of sp³-hybridized carbons (Fsp3) is 0.759. The number of phosphoric acid groups is 1. The van der Waals surface area contributed by atoms with E-state index in [4.69, 9.17) is 18.5 Å². The van der Waals surface area contributed by atoms with Gasteiger partial charge >= 0.3 is 13.8 Å². The Bertz CT molecular complexity index is 1380. The largest absolute Gasteiger partial charge is 0.472 e. The molecule has 0 heterocycles. The summed E-state index contributed by atoms with van der Waals surface area (Å²) in [5.74, 6) is -0.493. The molecule has 1 aliphatic rings. The van der Waals surface area contributed by atoms with E-state index in [1.165, 1.54) is 70.6 Å². The molecule has 1 rings (SSSR count). The van der Waals surface area contributed by atoms with E-state index < -0.39 is 63.1 Å². The number of aliphatic hydroxyl groups is 5. The standard InChI is InChI=1S/C54H95O12P/c1-3-5-7-9-11-13-15-17-19-21-22-23-24-25-26-27-28-30-32-34-36-38-40-42-44-63-45-47(46-64-67(61,62)66-54-52(59)50(57)49(56)51(58)53(54)60)65-48(55)43-41-39-37-35-33-31-29-20-18-16-14-12-10-8-6-4-2/h5,7,11,13-14,16-17,19-20,22-23,29,47,49-54,56-60H,3-4,6,8-10,12,15,18,21,24-28,30-46H2,1-2H3,(H,61,62)/b7-5-,13-11-,16-14-,19-17-,23-22-,29-20-. The Labute approximate surface area is 406 Å². The number of ether oxygens (including phenoxy) is 2. The molecule has 13 heteroatoms. The fourth-order valence-corrected chi connectivity index (χ4v) is 8.64. The number of phosphoric ester groups is 1. The number of rotatable bonds is 44. The first-order valence-electron chi connectivity index (χ1n) is 26.3. The van der Waals surface area contributed by atoms with Crippen molar-refractivity contribution in [2.75, 3.05) is 19.8 Å². The summed E-state index contributed by atoms with van der Waals surface area (Å²) >= 11 is 0. The topological polar surface area (TPSA) is 192 Å². The molecule has 1 saturated carbocycles. The Kier molecular flexibility index (Phi) is 41.0. The van der Waals surface area contributed by atoms with Crippen molar-refractivity contribution in [3.63, 3.8) is 0 Å². The van der Waals surface area contributed by atoms with E-state index in [0.717, 1.165) is 103 Å². The van der Waals surface area contributed by atoms with Gasteiger partial charge in [-0.25, -0.2) is 4.57 Å². The Morgan fingerprint density at radius 1 is 0.493 bits per heavy atom. The number of carbonyl (C=O) groups excluding carboxylic acids is 1. The van der Waals surface area contributed by atoms with Crippen LogP contribution >= 0.6 is 7.82 Å². The lowest BCUT2D eigenvalue weighted by molar-refractivity contribution is -0.220. The average Bonchev–Trinajstić information content (AvgIpc) is 3.31. The number of carbonyl (C=O) groups is 1. The summed E-state index contributed by atoms with van der Waals surface area (Å²) in [4.78, 5) is 23.2. The van der Waals surface area contributed by atoms with Crippen LogP contribution in [0.1, 0.15) is 200 Å². The molecule has 0 aromatic carbocycles. The van der Waals surface area contributed by atoms with E-state index in [0.29, 0.717) is 13.0 Å². The van der Waals surface area contributed by atoms with Crippen molar-refractivity contribution in [2.45, 2.75) is 243 Å². The normalized spacial score (nSPS) is 21.9. The number of allylic oxidation sites excluding steroid dienone is 12. The molecule has 0 spiro atoms. The second kappa shape index (κ2) is 43.8. The van der Waals surface area contributed by atoms with E-state index in [1.54, 1.807) is 0 Å². The van der Waals surface area contributed by atoms with E-state index in [-0.39, 0.29) is 13.0 Å². The Hall–Kier alpha value is -2.22. The monoisotopic (exact) mass is 967 g/mol. The van der Waals surface area contributed by atoms with Gasteiger partial charge in [0.25, 0.3) is 0 Å². The first kappa shape index (κ1) is 62.8. The van der Waals surface area contributed by atoms with Gasteiger partial charge in [-0.1, -0.05) is 183 Å². The molecule has 388 valence electrons. The van der Waals surface area contributed by atoms with Crippen molar-refractivity contribution >= 4 is 13.8 Å². The van der Waals surface area contributed by atoms with E-state index >= 15 is 0 Å². The van der Waals surface area contributed by atoms with Crippen LogP contribution in [0.5, 0.6) is 0 Å². The van der Waals surface area contributed by atoms with E-state index in [9.17, 15) is 39.8 Å². The number of unbranched alkanes of at least 4 members (excludes halogenated alkanes) is 20. The van der Waals surface area contributed by atoms with Gasteiger partial charge in [-0.05, 0) is 83.5 Å². The van der Waals surface area contributed by atoms with Gasteiger partial charge in [-0.3, -0.25) is 13.8 Å². The third-order valence-electron chi connectivity index (χ3n) is 11.8. The van der Waals surface area contributed by atoms with Crippen LogP contribution in [0.15, 0.2) is 72.9 Å². The third kappa shape index (κ3) is 35.5. The summed E-state index contributed by atoms with van der Waals surface area (Å²) in [6.07, 6.45) is 45.4. The second-order valence-corrected chi connectivity index (χ2v) is 19.4. The van der Waals surface area contributed by atoms with Crippen LogP contribution < -0.4 is 0 Å². The lowest BCUT2D eigenvalue weighted by Gasteiger charge is -2.41. The minimum absolute atomic E-state index is 0.0876. The first-order valence-corrected chi connectivity index (χ1v) is 27.8. The summed E-state index contributed by atoms with van der Waals surface area (Å²) in [5, 5.41) is 50.3. The average molecular weight is 967 g/mol. The van der Waals surface area contributed by atoms with Crippen LogP contribution in [0.25, 0.3) is 0 Å². The van der Waals surface area contributed by atoms with Crippen LogP contribution in [0.2, 0.25) is 0 Å². The van der Waals surface area contributed by atoms with Crippen molar-refractivity contribution < 1.29 is 58.3 Å². The number of hydrogen-bond acceptors (Lipinski definition) is 11. The maximum Gasteiger partial charge on any atom is 0.472 e. The maximum atomic E-state index is 12.9. The van der Waals surface area contributed by atoms with Gasteiger partial charge in [0.15, 0.2) is 0 Å². The van der Waals surface area contributed by atoms with Gasteiger partial charge in [0, 0.05) is 13.0 Å². The molecule has 0 saturated heterocycles. The van der Waals surface area contributed by atoms with Crippen LogP contribution in [0, 0.1) is 0 Å². The summed E-state index contributed by atoms with van der Waals surface area (Å²) in [6, 6.07) is 0. The van der Waals surface area contributed by atoms with Crippen molar-refractivity contribution in [1.29, 1.82) is 0 Å². The minimum atomic E-state index is -5.03. The zero-order valence-electron chi connectivity index (χ0n) is 41.7. The van der Waals surface area contributed by atoms with Gasteiger partial charge in [0.05, 0.1) is 13.2 Å².